The summed E-state index contributed by atoms with van der Waals surface area (Å²) in [7, 11) is 0. The molecule has 0 aliphatic carbocycles. The number of aromatic nitrogens is 2. The Hall–Kier alpha value is -2.36. The summed E-state index contributed by atoms with van der Waals surface area (Å²) in [5.41, 5.74) is 4.51. The van der Waals surface area contributed by atoms with Gasteiger partial charge in [-0.2, -0.15) is 0 Å². The number of nitrogens with one attached hydrogen (secondary N) is 1. The summed E-state index contributed by atoms with van der Waals surface area (Å²) in [6, 6.07) is 8.51. The second-order valence-corrected chi connectivity index (χ2v) is 5.19. The Morgan fingerprint density at radius 2 is 1.90 bits per heavy atom. The number of pyridine rings is 1. The average molecular weight is 267 g/mol. The number of hydrogen-bond donors (Lipinski definition) is 1. The third-order valence-electron chi connectivity index (χ3n) is 3.37. The van der Waals surface area contributed by atoms with Crippen molar-refractivity contribution in [2.45, 2.75) is 26.8 Å². The van der Waals surface area contributed by atoms with E-state index in [0.717, 1.165) is 16.8 Å². The number of rotatable bonds is 3. The zero-order valence-electron chi connectivity index (χ0n) is 11.8. The van der Waals surface area contributed by atoms with Gasteiger partial charge in [0.05, 0.1) is 11.4 Å². The number of fused-ring (bicyclic) bond motifs is 1. The molecule has 4 heteroatoms. The van der Waals surface area contributed by atoms with Crippen LogP contribution in [0.25, 0.3) is 11.0 Å². The van der Waals surface area contributed by atoms with Gasteiger partial charge in [-0.3, -0.25) is 4.98 Å². The first kappa shape index (κ1) is 12.7. The van der Waals surface area contributed by atoms with Crippen molar-refractivity contribution < 1.29 is 4.52 Å². The highest BCUT2D eigenvalue weighted by Crippen LogP contribution is 2.26. The van der Waals surface area contributed by atoms with E-state index in [1.165, 1.54) is 16.7 Å². The summed E-state index contributed by atoms with van der Waals surface area (Å²) < 4.78 is 5.28. The molecule has 0 spiro atoms. The van der Waals surface area contributed by atoms with Crippen LogP contribution in [-0.4, -0.2) is 10.1 Å². The zero-order valence-corrected chi connectivity index (χ0v) is 11.8. The lowest BCUT2D eigenvalue weighted by Crippen LogP contribution is -2.07. The van der Waals surface area contributed by atoms with Crippen LogP contribution in [-0.2, 0) is 0 Å². The zero-order chi connectivity index (χ0) is 14.1. The maximum atomic E-state index is 5.28. The molecule has 0 saturated heterocycles. The maximum Gasteiger partial charge on any atom is 0.179 e. The summed E-state index contributed by atoms with van der Waals surface area (Å²) in [5.74, 6) is 0.736. The summed E-state index contributed by atoms with van der Waals surface area (Å²) >= 11 is 0. The molecule has 1 aromatic carbocycles. The van der Waals surface area contributed by atoms with Gasteiger partial charge in [-0.15, -0.1) is 0 Å². The standard InChI is InChI=1S/C16H17N3O/c1-10-6-11(2)8-13(7-10)12(3)18-16-14-9-17-5-4-15(14)20-19-16/h4-9,12H,1-3H3,(H,18,19). The Morgan fingerprint density at radius 1 is 1.15 bits per heavy atom. The van der Waals surface area contributed by atoms with E-state index < -0.39 is 0 Å². The van der Waals surface area contributed by atoms with Crippen LogP contribution in [0.1, 0.15) is 29.7 Å². The third kappa shape index (κ3) is 2.37. The number of hydrogen-bond acceptors (Lipinski definition) is 4. The molecule has 1 unspecified atom stereocenters. The molecule has 0 aliphatic rings. The predicted octanol–water partition coefficient (Wildman–Crippen LogP) is 4.01. The first-order valence-corrected chi connectivity index (χ1v) is 6.67. The summed E-state index contributed by atoms with van der Waals surface area (Å²) in [6.45, 7) is 6.34. The van der Waals surface area contributed by atoms with Crippen LogP contribution in [0.5, 0.6) is 0 Å². The molecule has 0 aliphatic heterocycles. The maximum absolute atomic E-state index is 5.28. The van der Waals surface area contributed by atoms with Gasteiger partial charge in [-0.25, -0.2) is 0 Å². The molecule has 0 radical (unpaired) electrons. The Kier molecular flexibility index (Phi) is 3.14. The third-order valence-corrected chi connectivity index (χ3v) is 3.37. The van der Waals surface area contributed by atoms with E-state index in [2.05, 4.69) is 54.4 Å². The Morgan fingerprint density at radius 3 is 2.65 bits per heavy atom. The highest BCUT2D eigenvalue weighted by molar-refractivity contribution is 5.87. The number of anilines is 1. The van der Waals surface area contributed by atoms with E-state index >= 15 is 0 Å². The minimum Gasteiger partial charge on any atom is -0.360 e. The van der Waals surface area contributed by atoms with E-state index in [0.29, 0.717) is 0 Å². The van der Waals surface area contributed by atoms with Crippen molar-refractivity contribution in [1.29, 1.82) is 0 Å². The lowest BCUT2D eigenvalue weighted by molar-refractivity contribution is 0.458. The minimum atomic E-state index is 0.155. The normalized spacial score (nSPS) is 12.6. The fourth-order valence-electron chi connectivity index (χ4n) is 2.44. The van der Waals surface area contributed by atoms with Gasteiger partial charge >= 0.3 is 0 Å². The monoisotopic (exact) mass is 267 g/mol. The van der Waals surface area contributed by atoms with Crippen LogP contribution in [0.4, 0.5) is 5.82 Å². The Balaban J connectivity index is 1.90. The van der Waals surface area contributed by atoms with E-state index in [-0.39, 0.29) is 6.04 Å². The summed E-state index contributed by atoms with van der Waals surface area (Å²) in [4.78, 5) is 4.11. The quantitative estimate of drug-likeness (QED) is 0.779. The van der Waals surface area contributed by atoms with Gasteiger partial charge in [0.1, 0.15) is 0 Å². The molecule has 4 nitrogen and oxygen atoms in total. The molecule has 0 bridgehead atoms. The second kappa shape index (κ2) is 4.96. The van der Waals surface area contributed by atoms with Crippen LogP contribution in [0.15, 0.2) is 41.2 Å². The number of aryl methyl sites for hydroxylation is 2. The lowest BCUT2D eigenvalue weighted by atomic mass is 10.0. The molecule has 1 atom stereocenters. The Labute approximate surface area is 117 Å². The number of nitrogens with zero attached hydrogens (tertiary/aromatic N) is 2. The van der Waals surface area contributed by atoms with Gasteiger partial charge in [0.2, 0.25) is 0 Å². The van der Waals surface area contributed by atoms with Gasteiger partial charge in [-0.05, 0) is 26.3 Å². The van der Waals surface area contributed by atoms with E-state index in [1.54, 1.807) is 12.4 Å². The van der Waals surface area contributed by atoms with Gasteiger partial charge in [-0.1, -0.05) is 34.5 Å². The SMILES string of the molecule is Cc1cc(C)cc(C(C)Nc2noc3ccncc23)c1. The molecule has 0 fully saturated rings. The van der Waals surface area contributed by atoms with Crippen molar-refractivity contribution in [1.82, 2.24) is 10.1 Å². The molecule has 3 aromatic rings. The molecule has 0 saturated carbocycles. The summed E-state index contributed by atoms with van der Waals surface area (Å²) in [5, 5.41) is 8.38. The van der Waals surface area contributed by atoms with Crippen molar-refractivity contribution in [2.24, 2.45) is 0 Å². The largest absolute Gasteiger partial charge is 0.360 e. The molecule has 0 amide bonds. The van der Waals surface area contributed by atoms with Crippen LogP contribution >= 0.6 is 0 Å². The fourth-order valence-corrected chi connectivity index (χ4v) is 2.44. The van der Waals surface area contributed by atoms with Crippen molar-refractivity contribution in [3.8, 4) is 0 Å². The predicted molar refractivity (Wildman–Crippen MR) is 79.8 cm³/mol. The smallest absolute Gasteiger partial charge is 0.179 e. The van der Waals surface area contributed by atoms with E-state index in [9.17, 15) is 0 Å². The minimum absolute atomic E-state index is 0.155. The van der Waals surface area contributed by atoms with Gasteiger partial charge in [0.25, 0.3) is 0 Å². The molecule has 102 valence electrons. The van der Waals surface area contributed by atoms with Gasteiger partial charge in [0.15, 0.2) is 11.4 Å². The van der Waals surface area contributed by atoms with Gasteiger partial charge in [0, 0.05) is 18.5 Å². The molecule has 20 heavy (non-hydrogen) atoms. The fraction of sp³-hybridized carbons (Fsp3) is 0.250. The molecule has 2 heterocycles. The molecule has 1 N–H and O–H groups in total. The topological polar surface area (TPSA) is 51.0 Å². The highest BCUT2D eigenvalue weighted by Gasteiger charge is 2.12. The molecule has 3 rings (SSSR count). The second-order valence-electron chi connectivity index (χ2n) is 5.19. The van der Waals surface area contributed by atoms with Crippen molar-refractivity contribution >= 4 is 16.8 Å². The van der Waals surface area contributed by atoms with Crippen LogP contribution in [0.3, 0.4) is 0 Å². The highest BCUT2D eigenvalue weighted by atomic mass is 16.5. The van der Waals surface area contributed by atoms with Crippen LogP contribution in [0.2, 0.25) is 0 Å². The lowest BCUT2D eigenvalue weighted by Gasteiger charge is -2.15. The first-order valence-electron chi connectivity index (χ1n) is 6.67. The van der Waals surface area contributed by atoms with E-state index in [1.807, 2.05) is 6.07 Å². The molecular formula is C16H17N3O. The average Bonchev–Trinajstić information content (AvgIpc) is 2.81. The molecule has 2 aromatic heterocycles. The van der Waals surface area contributed by atoms with Crippen LogP contribution in [0, 0.1) is 13.8 Å². The molecular weight excluding hydrogens is 250 g/mol. The summed E-state index contributed by atoms with van der Waals surface area (Å²) in [6.07, 6.45) is 3.47. The van der Waals surface area contributed by atoms with E-state index in [4.69, 9.17) is 4.52 Å². The van der Waals surface area contributed by atoms with Crippen molar-refractivity contribution in [3.05, 3.63) is 53.3 Å². The van der Waals surface area contributed by atoms with Crippen molar-refractivity contribution in [3.63, 3.8) is 0 Å². The first-order chi connectivity index (χ1) is 9.63. The van der Waals surface area contributed by atoms with Gasteiger partial charge < -0.3 is 9.84 Å². The van der Waals surface area contributed by atoms with Crippen LogP contribution < -0.4 is 5.32 Å². The van der Waals surface area contributed by atoms with Crippen molar-refractivity contribution in [2.75, 3.05) is 5.32 Å². The Bertz CT molecular complexity index is 728. The number of benzene rings is 1.